The summed E-state index contributed by atoms with van der Waals surface area (Å²) in [5.41, 5.74) is 2.02. The van der Waals surface area contributed by atoms with E-state index in [4.69, 9.17) is 9.47 Å². The standard InChI is InChI=1S/C16H24N6O2/c1-12-20-14(7-16(21-12)18-3-5-23-2)15-10-22(4-6-24-15)9-13-8-17-11-19-13/h7-8,11,15H,3-6,9-10H2,1-2H3,(H,17,19)(H,18,20,21)/t15-/m0/s1. The average Bonchev–Trinajstić information content (AvgIpc) is 3.08. The Morgan fingerprint density at radius 3 is 3.17 bits per heavy atom. The topological polar surface area (TPSA) is 88.2 Å². The fraction of sp³-hybridized carbons (Fsp3) is 0.562. The number of aromatic amines is 1. The lowest BCUT2D eigenvalue weighted by Crippen LogP contribution is -2.38. The van der Waals surface area contributed by atoms with Gasteiger partial charge in [-0.2, -0.15) is 0 Å². The van der Waals surface area contributed by atoms with Crippen LogP contribution in [0.4, 0.5) is 5.82 Å². The first kappa shape index (κ1) is 16.8. The molecule has 8 heteroatoms. The molecule has 3 heterocycles. The van der Waals surface area contributed by atoms with E-state index in [1.165, 1.54) is 0 Å². The van der Waals surface area contributed by atoms with Gasteiger partial charge in [0.1, 0.15) is 17.7 Å². The molecule has 0 amide bonds. The van der Waals surface area contributed by atoms with Crippen LogP contribution in [0.1, 0.15) is 23.3 Å². The predicted octanol–water partition coefficient (Wildman–Crippen LogP) is 1.14. The Morgan fingerprint density at radius 1 is 1.46 bits per heavy atom. The lowest BCUT2D eigenvalue weighted by Gasteiger charge is -2.32. The summed E-state index contributed by atoms with van der Waals surface area (Å²) in [7, 11) is 1.68. The van der Waals surface area contributed by atoms with E-state index in [-0.39, 0.29) is 6.10 Å². The lowest BCUT2D eigenvalue weighted by atomic mass is 10.2. The summed E-state index contributed by atoms with van der Waals surface area (Å²) < 4.78 is 11.0. The van der Waals surface area contributed by atoms with Crippen molar-refractivity contribution < 1.29 is 9.47 Å². The summed E-state index contributed by atoms with van der Waals surface area (Å²) in [4.78, 5) is 18.5. The second-order valence-corrected chi connectivity index (χ2v) is 5.82. The number of ether oxygens (including phenoxy) is 2. The van der Waals surface area contributed by atoms with E-state index in [0.717, 1.165) is 42.7 Å². The number of aryl methyl sites for hydroxylation is 1. The molecule has 24 heavy (non-hydrogen) atoms. The number of aromatic nitrogens is 4. The van der Waals surface area contributed by atoms with Crippen molar-refractivity contribution in [2.24, 2.45) is 0 Å². The number of hydrogen-bond donors (Lipinski definition) is 2. The minimum Gasteiger partial charge on any atom is -0.383 e. The Morgan fingerprint density at radius 2 is 2.38 bits per heavy atom. The molecular formula is C16H24N6O2. The Hall–Kier alpha value is -2.03. The van der Waals surface area contributed by atoms with Crippen LogP contribution in [0.25, 0.3) is 0 Å². The molecule has 0 radical (unpaired) electrons. The Kier molecular flexibility index (Phi) is 5.73. The van der Waals surface area contributed by atoms with Crippen LogP contribution in [0.2, 0.25) is 0 Å². The summed E-state index contributed by atoms with van der Waals surface area (Å²) in [6.07, 6.45) is 3.52. The molecule has 3 rings (SSSR count). The largest absolute Gasteiger partial charge is 0.383 e. The monoisotopic (exact) mass is 332 g/mol. The third-order valence-electron chi connectivity index (χ3n) is 3.90. The van der Waals surface area contributed by atoms with Gasteiger partial charge in [-0.1, -0.05) is 0 Å². The van der Waals surface area contributed by atoms with Crippen LogP contribution in [0, 0.1) is 6.92 Å². The molecule has 2 aromatic heterocycles. The zero-order valence-electron chi connectivity index (χ0n) is 14.2. The molecule has 1 fully saturated rings. The maximum Gasteiger partial charge on any atom is 0.130 e. The first-order valence-electron chi connectivity index (χ1n) is 8.14. The van der Waals surface area contributed by atoms with Crippen molar-refractivity contribution in [2.45, 2.75) is 19.6 Å². The summed E-state index contributed by atoms with van der Waals surface area (Å²) in [5, 5.41) is 3.25. The van der Waals surface area contributed by atoms with Crippen molar-refractivity contribution in [2.75, 3.05) is 45.3 Å². The smallest absolute Gasteiger partial charge is 0.130 e. The van der Waals surface area contributed by atoms with Crippen molar-refractivity contribution in [1.82, 2.24) is 24.8 Å². The number of H-pyrrole nitrogens is 1. The van der Waals surface area contributed by atoms with Gasteiger partial charge in [-0.25, -0.2) is 15.0 Å². The molecule has 1 aliphatic rings. The van der Waals surface area contributed by atoms with Crippen LogP contribution in [0.15, 0.2) is 18.6 Å². The second-order valence-electron chi connectivity index (χ2n) is 5.82. The molecule has 130 valence electrons. The average molecular weight is 332 g/mol. The summed E-state index contributed by atoms with van der Waals surface area (Å²) >= 11 is 0. The van der Waals surface area contributed by atoms with Crippen molar-refractivity contribution in [3.05, 3.63) is 35.8 Å². The number of nitrogens with one attached hydrogen (secondary N) is 2. The summed E-state index contributed by atoms with van der Waals surface area (Å²) in [6.45, 7) is 6.47. The number of hydrogen-bond acceptors (Lipinski definition) is 7. The zero-order valence-corrected chi connectivity index (χ0v) is 14.2. The molecule has 8 nitrogen and oxygen atoms in total. The van der Waals surface area contributed by atoms with Gasteiger partial charge in [-0.3, -0.25) is 4.90 Å². The number of nitrogens with zero attached hydrogens (tertiary/aromatic N) is 4. The number of rotatable bonds is 7. The number of morpholine rings is 1. The van der Waals surface area contributed by atoms with E-state index in [2.05, 4.69) is 30.2 Å². The van der Waals surface area contributed by atoms with Gasteiger partial charge in [-0.05, 0) is 6.92 Å². The number of anilines is 1. The molecule has 0 aromatic carbocycles. The van der Waals surface area contributed by atoms with Gasteiger partial charge in [0.25, 0.3) is 0 Å². The van der Waals surface area contributed by atoms with Crippen LogP contribution < -0.4 is 5.32 Å². The Labute approximate surface area is 141 Å². The van der Waals surface area contributed by atoms with E-state index >= 15 is 0 Å². The maximum atomic E-state index is 5.94. The summed E-state index contributed by atoms with van der Waals surface area (Å²) in [6, 6.07) is 1.97. The maximum absolute atomic E-state index is 5.94. The summed E-state index contributed by atoms with van der Waals surface area (Å²) in [5.74, 6) is 1.55. The van der Waals surface area contributed by atoms with Crippen LogP contribution in [-0.4, -0.2) is 64.8 Å². The van der Waals surface area contributed by atoms with E-state index in [9.17, 15) is 0 Å². The molecule has 1 atom stereocenters. The molecule has 2 N–H and O–H groups in total. The first-order valence-corrected chi connectivity index (χ1v) is 8.14. The van der Waals surface area contributed by atoms with Crippen molar-refractivity contribution in [3.63, 3.8) is 0 Å². The van der Waals surface area contributed by atoms with Crippen LogP contribution in [0.5, 0.6) is 0 Å². The van der Waals surface area contributed by atoms with E-state index in [1.54, 1.807) is 13.4 Å². The minimum absolute atomic E-state index is 0.0497. The highest BCUT2D eigenvalue weighted by Crippen LogP contribution is 2.23. The van der Waals surface area contributed by atoms with E-state index in [1.807, 2.05) is 19.2 Å². The van der Waals surface area contributed by atoms with Crippen molar-refractivity contribution in [3.8, 4) is 0 Å². The van der Waals surface area contributed by atoms with Crippen molar-refractivity contribution >= 4 is 5.82 Å². The molecule has 0 saturated carbocycles. The van der Waals surface area contributed by atoms with Gasteiger partial charge in [0, 0.05) is 51.2 Å². The quantitative estimate of drug-likeness (QED) is 0.735. The van der Waals surface area contributed by atoms with Gasteiger partial charge in [0.15, 0.2) is 0 Å². The molecule has 0 unspecified atom stereocenters. The Balaban J connectivity index is 1.66. The molecule has 0 bridgehead atoms. The second kappa shape index (κ2) is 8.18. The van der Waals surface area contributed by atoms with Gasteiger partial charge in [-0.15, -0.1) is 0 Å². The van der Waals surface area contributed by atoms with Gasteiger partial charge >= 0.3 is 0 Å². The molecule has 1 saturated heterocycles. The van der Waals surface area contributed by atoms with E-state index < -0.39 is 0 Å². The molecular weight excluding hydrogens is 308 g/mol. The van der Waals surface area contributed by atoms with Crippen LogP contribution >= 0.6 is 0 Å². The van der Waals surface area contributed by atoms with Gasteiger partial charge < -0.3 is 19.8 Å². The van der Waals surface area contributed by atoms with Crippen molar-refractivity contribution in [1.29, 1.82) is 0 Å². The molecule has 0 spiro atoms. The predicted molar refractivity (Wildman–Crippen MR) is 89.7 cm³/mol. The van der Waals surface area contributed by atoms with Crippen LogP contribution in [0.3, 0.4) is 0 Å². The molecule has 2 aromatic rings. The molecule has 1 aliphatic heterocycles. The normalized spacial score (nSPS) is 18.7. The highest BCUT2D eigenvalue weighted by atomic mass is 16.5. The zero-order chi connectivity index (χ0) is 16.8. The SMILES string of the molecule is COCCNc1cc([C@@H]2CN(Cc3cnc[nH]3)CCO2)nc(C)n1. The van der Waals surface area contributed by atoms with Gasteiger partial charge in [0.2, 0.25) is 0 Å². The highest BCUT2D eigenvalue weighted by molar-refractivity contribution is 5.36. The van der Waals surface area contributed by atoms with E-state index in [0.29, 0.717) is 19.8 Å². The third kappa shape index (κ3) is 4.50. The fourth-order valence-corrected chi connectivity index (χ4v) is 2.76. The number of methoxy groups -OCH3 is 1. The third-order valence-corrected chi connectivity index (χ3v) is 3.90. The minimum atomic E-state index is -0.0497. The van der Waals surface area contributed by atoms with Gasteiger partial charge in [0.05, 0.1) is 25.2 Å². The Bertz CT molecular complexity index is 634. The lowest BCUT2D eigenvalue weighted by molar-refractivity contribution is -0.0354. The molecule has 0 aliphatic carbocycles. The fourth-order valence-electron chi connectivity index (χ4n) is 2.76. The highest BCUT2D eigenvalue weighted by Gasteiger charge is 2.24. The first-order chi connectivity index (χ1) is 11.7. The van der Waals surface area contributed by atoms with Crippen LogP contribution in [-0.2, 0) is 16.0 Å². The number of imidazole rings is 1.